The third-order valence-electron chi connectivity index (χ3n) is 4.43. The SMILES string of the molecule is CC(C)N1CCN(C(=O)[C@@H]2Cc3ccccc3N2)CC1. The third kappa shape index (κ3) is 2.52. The second kappa shape index (κ2) is 5.44. The van der Waals surface area contributed by atoms with Gasteiger partial charge in [0.05, 0.1) is 0 Å². The van der Waals surface area contributed by atoms with Gasteiger partial charge in [0.25, 0.3) is 0 Å². The quantitative estimate of drug-likeness (QED) is 0.888. The van der Waals surface area contributed by atoms with Gasteiger partial charge in [-0.1, -0.05) is 18.2 Å². The lowest BCUT2D eigenvalue weighted by Crippen LogP contribution is -2.53. The topological polar surface area (TPSA) is 35.6 Å². The molecule has 0 aliphatic carbocycles. The number of anilines is 1. The highest BCUT2D eigenvalue weighted by molar-refractivity contribution is 5.87. The maximum absolute atomic E-state index is 12.6. The van der Waals surface area contributed by atoms with Crippen molar-refractivity contribution in [2.45, 2.75) is 32.4 Å². The third-order valence-corrected chi connectivity index (χ3v) is 4.43. The average molecular weight is 273 g/mol. The number of rotatable bonds is 2. The molecule has 1 saturated heterocycles. The lowest BCUT2D eigenvalue weighted by atomic mass is 10.1. The van der Waals surface area contributed by atoms with Crippen LogP contribution < -0.4 is 5.32 Å². The fourth-order valence-corrected chi connectivity index (χ4v) is 3.13. The average Bonchev–Trinajstić information content (AvgIpc) is 2.90. The van der Waals surface area contributed by atoms with Gasteiger partial charge < -0.3 is 10.2 Å². The van der Waals surface area contributed by atoms with Crippen LogP contribution in [0.4, 0.5) is 5.69 Å². The van der Waals surface area contributed by atoms with Crippen molar-refractivity contribution in [2.75, 3.05) is 31.5 Å². The van der Waals surface area contributed by atoms with Crippen molar-refractivity contribution in [3.05, 3.63) is 29.8 Å². The van der Waals surface area contributed by atoms with Crippen LogP contribution in [0, 0.1) is 0 Å². The number of para-hydroxylation sites is 1. The maximum atomic E-state index is 12.6. The molecule has 20 heavy (non-hydrogen) atoms. The Balaban J connectivity index is 1.59. The molecule has 1 amide bonds. The Morgan fingerprint density at radius 1 is 1.20 bits per heavy atom. The van der Waals surface area contributed by atoms with E-state index in [1.165, 1.54) is 5.56 Å². The Kier molecular flexibility index (Phi) is 3.66. The van der Waals surface area contributed by atoms with Crippen LogP contribution in [-0.2, 0) is 11.2 Å². The molecule has 108 valence electrons. The van der Waals surface area contributed by atoms with Crippen molar-refractivity contribution in [3.63, 3.8) is 0 Å². The van der Waals surface area contributed by atoms with Crippen LogP contribution in [0.3, 0.4) is 0 Å². The van der Waals surface area contributed by atoms with E-state index in [0.29, 0.717) is 6.04 Å². The summed E-state index contributed by atoms with van der Waals surface area (Å²) in [5.74, 6) is 0.254. The van der Waals surface area contributed by atoms with Gasteiger partial charge in [0.1, 0.15) is 6.04 Å². The minimum atomic E-state index is -0.0713. The van der Waals surface area contributed by atoms with Crippen LogP contribution in [0.1, 0.15) is 19.4 Å². The Bertz CT molecular complexity index is 467. The minimum absolute atomic E-state index is 0.0713. The van der Waals surface area contributed by atoms with Crippen molar-refractivity contribution < 1.29 is 4.79 Å². The number of hydrogen-bond donors (Lipinski definition) is 1. The molecule has 2 heterocycles. The van der Waals surface area contributed by atoms with E-state index >= 15 is 0 Å². The van der Waals surface area contributed by atoms with Gasteiger partial charge in [-0.05, 0) is 25.5 Å². The van der Waals surface area contributed by atoms with E-state index in [-0.39, 0.29) is 11.9 Å². The number of piperazine rings is 1. The number of hydrogen-bond acceptors (Lipinski definition) is 3. The Morgan fingerprint density at radius 2 is 1.90 bits per heavy atom. The number of nitrogens with one attached hydrogen (secondary N) is 1. The highest BCUT2D eigenvalue weighted by Gasteiger charge is 2.31. The molecule has 1 N–H and O–H groups in total. The zero-order chi connectivity index (χ0) is 14.1. The molecule has 4 heteroatoms. The predicted octanol–water partition coefficient (Wildman–Crippen LogP) is 1.58. The van der Waals surface area contributed by atoms with E-state index in [1.807, 2.05) is 17.0 Å². The van der Waals surface area contributed by atoms with Gasteiger partial charge in [-0.25, -0.2) is 0 Å². The summed E-state index contributed by atoms with van der Waals surface area (Å²) in [7, 11) is 0. The van der Waals surface area contributed by atoms with Crippen LogP contribution in [0.15, 0.2) is 24.3 Å². The molecule has 0 unspecified atom stereocenters. The van der Waals surface area contributed by atoms with Crippen LogP contribution in [0.25, 0.3) is 0 Å². The normalized spacial score (nSPS) is 22.8. The molecule has 2 aliphatic rings. The molecule has 1 atom stereocenters. The number of carbonyl (C=O) groups excluding carboxylic acids is 1. The smallest absolute Gasteiger partial charge is 0.245 e. The highest BCUT2D eigenvalue weighted by Crippen LogP contribution is 2.26. The Morgan fingerprint density at radius 3 is 2.55 bits per heavy atom. The summed E-state index contributed by atoms with van der Waals surface area (Å²) >= 11 is 0. The van der Waals surface area contributed by atoms with Crippen molar-refractivity contribution in [3.8, 4) is 0 Å². The first-order valence-electron chi connectivity index (χ1n) is 7.52. The van der Waals surface area contributed by atoms with Gasteiger partial charge in [-0.3, -0.25) is 9.69 Å². The number of nitrogens with zero attached hydrogens (tertiary/aromatic N) is 2. The molecule has 0 bridgehead atoms. The summed E-state index contributed by atoms with van der Waals surface area (Å²) in [6.45, 7) is 8.11. The number of amides is 1. The number of carbonyl (C=O) groups is 1. The van der Waals surface area contributed by atoms with Crippen molar-refractivity contribution >= 4 is 11.6 Å². The minimum Gasteiger partial charge on any atom is -0.373 e. The van der Waals surface area contributed by atoms with E-state index < -0.39 is 0 Å². The molecule has 0 aromatic heterocycles. The molecular weight excluding hydrogens is 250 g/mol. The van der Waals surface area contributed by atoms with Gasteiger partial charge in [0.15, 0.2) is 0 Å². The summed E-state index contributed by atoms with van der Waals surface area (Å²) in [6, 6.07) is 8.71. The maximum Gasteiger partial charge on any atom is 0.245 e. The van der Waals surface area contributed by atoms with Crippen molar-refractivity contribution in [2.24, 2.45) is 0 Å². The van der Waals surface area contributed by atoms with Gasteiger partial charge >= 0.3 is 0 Å². The van der Waals surface area contributed by atoms with E-state index in [0.717, 1.165) is 38.3 Å². The Labute approximate surface area is 120 Å². The van der Waals surface area contributed by atoms with Gasteiger partial charge in [-0.15, -0.1) is 0 Å². The molecular formula is C16H23N3O. The molecule has 0 saturated carbocycles. The number of fused-ring (bicyclic) bond motifs is 1. The van der Waals surface area contributed by atoms with Gasteiger partial charge in [0.2, 0.25) is 5.91 Å². The first-order chi connectivity index (χ1) is 9.65. The van der Waals surface area contributed by atoms with Crippen molar-refractivity contribution in [1.29, 1.82) is 0 Å². The van der Waals surface area contributed by atoms with E-state index in [2.05, 4.69) is 36.2 Å². The fourth-order valence-electron chi connectivity index (χ4n) is 3.13. The molecule has 0 spiro atoms. The molecule has 4 nitrogen and oxygen atoms in total. The molecule has 1 fully saturated rings. The van der Waals surface area contributed by atoms with Crippen LogP contribution in [0.5, 0.6) is 0 Å². The van der Waals surface area contributed by atoms with E-state index in [4.69, 9.17) is 0 Å². The Hall–Kier alpha value is -1.55. The van der Waals surface area contributed by atoms with Crippen LogP contribution >= 0.6 is 0 Å². The highest BCUT2D eigenvalue weighted by atomic mass is 16.2. The molecule has 1 aromatic rings. The summed E-state index contributed by atoms with van der Waals surface area (Å²) in [5, 5.41) is 3.36. The van der Waals surface area contributed by atoms with E-state index in [9.17, 15) is 4.79 Å². The number of benzene rings is 1. The summed E-state index contributed by atoms with van der Waals surface area (Å²) < 4.78 is 0. The summed E-state index contributed by atoms with van der Waals surface area (Å²) in [4.78, 5) is 17.0. The largest absolute Gasteiger partial charge is 0.373 e. The standard InChI is InChI=1S/C16H23N3O/c1-12(2)18-7-9-19(10-8-18)16(20)15-11-13-5-3-4-6-14(13)17-15/h3-6,12,15,17H,7-11H2,1-2H3/t15-/m0/s1. The molecule has 1 aromatic carbocycles. The van der Waals surface area contributed by atoms with Gasteiger partial charge in [0, 0.05) is 44.3 Å². The van der Waals surface area contributed by atoms with Crippen molar-refractivity contribution in [1.82, 2.24) is 9.80 Å². The fraction of sp³-hybridized carbons (Fsp3) is 0.562. The van der Waals surface area contributed by atoms with Crippen LogP contribution in [0.2, 0.25) is 0 Å². The van der Waals surface area contributed by atoms with E-state index in [1.54, 1.807) is 0 Å². The summed E-state index contributed by atoms with van der Waals surface area (Å²) in [6.07, 6.45) is 0.819. The lowest BCUT2D eigenvalue weighted by molar-refractivity contribution is -0.133. The first-order valence-corrected chi connectivity index (χ1v) is 7.52. The lowest BCUT2D eigenvalue weighted by Gasteiger charge is -2.37. The van der Waals surface area contributed by atoms with Gasteiger partial charge in [-0.2, -0.15) is 0 Å². The first kappa shape index (κ1) is 13.4. The molecule has 3 rings (SSSR count). The summed E-state index contributed by atoms with van der Waals surface area (Å²) in [5.41, 5.74) is 2.37. The monoisotopic (exact) mass is 273 g/mol. The zero-order valence-electron chi connectivity index (χ0n) is 12.3. The molecule has 2 aliphatic heterocycles. The second-order valence-electron chi connectivity index (χ2n) is 6.01. The second-order valence-corrected chi connectivity index (χ2v) is 6.01. The molecule has 0 radical (unpaired) electrons. The zero-order valence-corrected chi connectivity index (χ0v) is 12.3. The predicted molar refractivity (Wildman–Crippen MR) is 80.8 cm³/mol. The van der Waals surface area contributed by atoms with Crippen LogP contribution in [-0.4, -0.2) is 54.0 Å².